The van der Waals surface area contributed by atoms with E-state index in [1.807, 2.05) is 13.8 Å². The zero-order valence-electron chi connectivity index (χ0n) is 14.1. The zero-order chi connectivity index (χ0) is 16.1. The van der Waals surface area contributed by atoms with Gasteiger partial charge in [0.05, 0.1) is 6.10 Å². The SMILES string of the molecule is CN1CC(NC(=O)C2(N)C3CCCOC3C2(C)C)CCC1=O.Cl. The summed E-state index contributed by atoms with van der Waals surface area (Å²) >= 11 is 0. The molecule has 0 spiro atoms. The van der Waals surface area contributed by atoms with Crippen LogP contribution in [0.5, 0.6) is 0 Å². The van der Waals surface area contributed by atoms with Crippen molar-refractivity contribution in [1.29, 1.82) is 0 Å². The first-order valence-corrected chi connectivity index (χ1v) is 8.24. The highest BCUT2D eigenvalue weighted by Gasteiger charge is 2.70. The average molecular weight is 346 g/mol. The minimum Gasteiger partial charge on any atom is -0.377 e. The Hall–Kier alpha value is -0.850. The number of hydrogen-bond acceptors (Lipinski definition) is 4. The lowest BCUT2D eigenvalue weighted by Gasteiger charge is -2.65. The van der Waals surface area contributed by atoms with Crippen molar-refractivity contribution in [1.82, 2.24) is 10.2 Å². The van der Waals surface area contributed by atoms with E-state index in [0.717, 1.165) is 19.4 Å². The van der Waals surface area contributed by atoms with E-state index in [1.165, 1.54) is 0 Å². The molecule has 7 heteroatoms. The van der Waals surface area contributed by atoms with Crippen molar-refractivity contribution in [2.24, 2.45) is 17.1 Å². The molecule has 1 aliphatic carbocycles. The van der Waals surface area contributed by atoms with E-state index in [0.29, 0.717) is 19.4 Å². The van der Waals surface area contributed by atoms with Crippen molar-refractivity contribution >= 4 is 24.2 Å². The fourth-order valence-corrected chi connectivity index (χ4v) is 4.47. The van der Waals surface area contributed by atoms with Crippen LogP contribution in [0.2, 0.25) is 0 Å². The third-order valence-electron chi connectivity index (χ3n) is 6.02. The molecule has 0 aromatic carbocycles. The highest BCUT2D eigenvalue weighted by atomic mass is 35.5. The number of nitrogens with one attached hydrogen (secondary N) is 1. The lowest BCUT2D eigenvalue weighted by atomic mass is 9.46. The number of likely N-dealkylation sites (tertiary alicyclic amines) is 1. The van der Waals surface area contributed by atoms with E-state index in [-0.39, 0.29) is 47.7 Å². The molecule has 6 nitrogen and oxygen atoms in total. The van der Waals surface area contributed by atoms with E-state index < -0.39 is 5.54 Å². The van der Waals surface area contributed by atoms with Gasteiger partial charge in [0.2, 0.25) is 11.8 Å². The fraction of sp³-hybridized carbons (Fsp3) is 0.875. The summed E-state index contributed by atoms with van der Waals surface area (Å²) in [5.74, 6) is 0.147. The van der Waals surface area contributed by atoms with Crippen molar-refractivity contribution < 1.29 is 14.3 Å². The van der Waals surface area contributed by atoms with Crippen molar-refractivity contribution in [2.45, 2.75) is 57.2 Å². The predicted octanol–water partition coefficient (Wildman–Crippen LogP) is 0.678. The maximum atomic E-state index is 12.9. The third-order valence-corrected chi connectivity index (χ3v) is 6.02. The molecular weight excluding hydrogens is 318 g/mol. The molecule has 0 radical (unpaired) electrons. The van der Waals surface area contributed by atoms with Crippen molar-refractivity contribution in [3.05, 3.63) is 0 Å². The van der Waals surface area contributed by atoms with Gasteiger partial charge in [-0.15, -0.1) is 12.4 Å². The van der Waals surface area contributed by atoms with Crippen LogP contribution in [0.4, 0.5) is 0 Å². The second kappa shape index (κ2) is 6.22. The summed E-state index contributed by atoms with van der Waals surface area (Å²) in [6.45, 7) is 5.37. The number of halogens is 1. The molecule has 3 rings (SSSR count). The zero-order valence-corrected chi connectivity index (χ0v) is 14.9. The van der Waals surface area contributed by atoms with Gasteiger partial charge < -0.3 is 20.7 Å². The van der Waals surface area contributed by atoms with Gasteiger partial charge in [0.15, 0.2) is 0 Å². The second-order valence-electron chi connectivity index (χ2n) is 7.61. The van der Waals surface area contributed by atoms with Gasteiger partial charge in [-0.3, -0.25) is 9.59 Å². The molecule has 132 valence electrons. The van der Waals surface area contributed by atoms with Gasteiger partial charge in [-0.2, -0.15) is 0 Å². The minimum absolute atomic E-state index is 0. The number of rotatable bonds is 2. The quantitative estimate of drug-likeness (QED) is 0.770. The molecule has 2 amide bonds. The highest BCUT2D eigenvalue weighted by Crippen LogP contribution is 2.57. The first-order chi connectivity index (χ1) is 10.3. The Kier molecular flexibility index (Phi) is 5.00. The summed E-state index contributed by atoms with van der Waals surface area (Å²) in [7, 11) is 1.77. The molecule has 4 unspecified atom stereocenters. The van der Waals surface area contributed by atoms with Crippen LogP contribution in [-0.2, 0) is 14.3 Å². The lowest BCUT2D eigenvalue weighted by molar-refractivity contribution is -0.225. The molecule has 0 bridgehead atoms. The molecule has 2 heterocycles. The summed E-state index contributed by atoms with van der Waals surface area (Å²) in [6, 6.07) is -0.00464. The molecule has 0 aromatic rings. The Balaban J connectivity index is 0.00000192. The van der Waals surface area contributed by atoms with Gasteiger partial charge in [-0.25, -0.2) is 0 Å². The Morgan fingerprint density at radius 1 is 1.39 bits per heavy atom. The molecule has 0 aromatic heterocycles. The molecular formula is C16H28ClN3O3. The smallest absolute Gasteiger partial charge is 0.241 e. The molecule has 23 heavy (non-hydrogen) atoms. The molecule has 3 N–H and O–H groups in total. The predicted molar refractivity (Wildman–Crippen MR) is 89.2 cm³/mol. The van der Waals surface area contributed by atoms with Crippen LogP contribution in [0.15, 0.2) is 0 Å². The van der Waals surface area contributed by atoms with Crippen LogP contribution in [0.25, 0.3) is 0 Å². The molecule has 2 saturated heterocycles. The minimum atomic E-state index is -0.877. The second-order valence-corrected chi connectivity index (χ2v) is 7.61. The number of nitrogens with zero attached hydrogens (tertiary/aromatic N) is 1. The third kappa shape index (κ3) is 2.65. The highest BCUT2D eigenvalue weighted by molar-refractivity contribution is 5.90. The van der Waals surface area contributed by atoms with Crippen molar-refractivity contribution in [3.8, 4) is 0 Å². The number of carbonyl (C=O) groups is 2. The van der Waals surface area contributed by atoms with Gasteiger partial charge in [0, 0.05) is 44.0 Å². The standard InChI is InChI=1S/C16H27N3O3.ClH/c1-15(2)13-11(5-4-8-22-13)16(15,17)14(21)18-10-6-7-12(20)19(3)9-10;/h10-11,13H,4-9,17H2,1-3H3,(H,18,21);1H. The monoisotopic (exact) mass is 345 g/mol. The summed E-state index contributed by atoms with van der Waals surface area (Å²) < 4.78 is 5.85. The number of piperidine rings is 1. The van der Waals surface area contributed by atoms with E-state index in [9.17, 15) is 9.59 Å². The first-order valence-electron chi connectivity index (χ1n) is 8.24. The normalized spacial score (nSPS) is 38.9. The Morgan fingerprint density at radius 2 is 2.09 bits per heavy atom. The van der Waals surface area contributed by atoms with Crippen molar-refractivity contribution in [3.63, 3.8) is 0 Å². The van der Waals surface area contributed by atoms with Gasteiger partial charge in [-0.05, 0) is 19.3 Å². The van der Waals surface area contributed by atoms with Gasteiger partial charge >= 0.3 is 0 Å². The lowest BCUT2D eigenvalue weighted by Crippen LogP contribution is -2.82. The number of fused-ring (bicyclic) bond motifs is 1. The van der Waals surface area contributed by atoms with E-state index >= 15 is 0 Å². The number of ether oxygens (including phenoxy) is 1. The fourth-order valence-electron chi connectivity index (χ4n) is 4.47. The number of amides is 2. The van der Waals surface area contributed by atoms with Crippen molar-refractivity contribution in [2.75, 3.05) is 20.2 Å². The van der Waals surface area contributed by atoms with Crippen LogP contribution in [0.1, 0.15) is 39.5 Å². The van der Waals surface area contributed by atoms with Crippen LogP contribution < -0.4 is 11.1 Å². The summed E-state index contributed by atoms with van der Waals surface area (Å²) in [4.78, 5) is 26.1. The molecule has 3 aliphatic rings. The number of nitrogens with two attached hydrogens (primary N) is 1. The van der Waals surface area contributed by atoms with E-state index in [4.69, 9.17) is 10.5 Å². The maximum absolute atomic E-state index is 12.9. The van der Waals surface area contributed by atoms with Crippen LogP contribution in [0, 0.1) is 11.3 Å². The van der Waals surface area contributed by atoms with E-state index in [1.54, 1.807) is 11.9 Å². The summed E-state index contributed by atoms with van der Waals surface area (Å²) in [5.41, 5.74) is 5.35. The maximum Gasteiger partial charge on any atom is 0.241 e. The Morgan fingerprint density at radius 3 is 2.74 bits per heavy atom. The van der Waals surface area contributed by atoms with Gasteiger partial charge in [-0.1, -0.05) is 13.8 Å². The molecule has 1 saturated carbocycles. The topological polar surface area (TPSA) is 84.7 Å². The number of hydrogen-bond donors (Lipinski definition) is 2. The summed E-state index contributed by atoms with van der Waals surface area (Å²) in [5, 5.41) is 3.09. The van der Waals surface area contributed by atoms with E-state index in [2.05, 4.69) is 5.32 Å². The van der Waals surface area contributed by atoms with Crippen LogP contribution in [0.3, 0.4) is 0 Å². The van der Waals surface area contributed by atoms with Gasteiger partial charge in [0.1, 0.15) is 5.54 Å². The molecule has 2 aliphatic heterocycles. The first kappa shape index (κ1) is 18.5. The number of likely N-dealkylation sites (N-methyl/N-ethyl adjacent to an activating group) is 1. The van der Waals surface area contributed by atoms with Gasteiger partial charge in [0.25, 0.3) is 0 Å². The summed E-state index contributed by atoms with van der Waals surface area (Å²) in [6.07, 6.45) is 3.16. The van der Waals surface area contributed by atoms with Crippen LogP contribution >= 0.6 is 12.4 Å². The number of carbonyl (C=O) groups excluding carboxylic acids is 2. The Bertz CT molecular complexity index is 499. The largest absolute Gasteiger partial charge is 0.377 e. The average Bonchev–Trinajstić information content (AvgIpc) is 2.50. The van der Waals surface area contributed by atoms with Crippen LogP contribution in [-0.4, -0.2) is 54.6 Å². The molecule has 4 atom stereocenters. The Labute approximate surface area is 143 Å². The molecule has 3 fully saturated rings.